The monoisotopic (exact) mass is 388 g/mol. The zero-order chi connectivity index (χ0) is 19.8. The van der Waals surface area contributed by atoms with E-state index in [1.165, 1.54) is 18.4 Å². The van der Waals surface area contributed by atoms with Gasteiger partial charge in [0.2, 0.25) is 0 Å². The lowest BCUT2D eigenvalue weighted by Crippen LogP contribution is -2.38. The number of carbonyl (C=O) groups is 1. The minimum atomic E-state index is 0.129. The Morgan fingerprint density at radius 2 is 1.97 bits per heavy atom. The first-order chi connectivity index (χ1) is 14.3. The van der Waals surface area contributed by atoms with Crippen LogP contribution in [0.2, 0.25) is 0 Å². The van der Waals surface area contributed by atoms with Gasteiger partial charge in [-0.2, -0.15) is 5.10 Å². The summed E-state index contributed by atoms with van der Waals surface area (Å²) >= 11 is 0. The Morgan fingerprint density at radius 1 is 1.14 bits per heavy atom. The van der Waals surface area contributed by atoms with Crippen LogP contribution in [0.15, 0.2) is 42.6 Å². The molecule has 3 aromatic rings. The second-order valence-corrected chi connectivity index (χ2v) is 8.39. The number of hydrogen-bond donors (Lipinski definition) is 0. The van der Waals surface area contributed by atoms with E-state index in [1.807, 2.05) is 16.9 Å². The number of benzene rings is 1. The Kier molecular flexibility index (Phi) is 4.82. The van der Waals surface area contributed by atoms with Crippen molar-refractivity contribution in [2.75, 3.05) is 6.54 Å². The molecular weight excluding hydrogens is 360 g/mol. The van der Waals surface area contributed by atoms with Gasteiger partial charge in [-0.3, -0.25) is 4.79 Å². The molecule has 3 heterocycles. The molecule has 1 aliphatic carbocycles. The third-order valence-electron chi connectivity index (χ3n) is 6.24. The van der Waals surface area contributed by atoms with E-state index in [-0.39, 0.29) is 11.9 Å². The molecule has 150 valence electrons. The van der Waals surface area contributed by atoms with Crippen LogP contribution in [0.3, 0.4) is 0 Å². The van der Waals surface area contributed by atoms with Crippen LogP contribution in [0, 0.1) is 0 Å². The smallest absolute Gasteiger partial charge is 0.255 e. The van der Waals surface area contributed by atoms with Crippen LogP contribution in [0.4, 0.5) is 0 Å². The van der Waals surface area contributed by atoms with Crippen molar-refractivity contribution < 1.29 is 4.79 Å². The van der Waals surface area contributed by atoms with Crippen LogP contribution < -0.4 is 0 Å². The molecule has 1 aromatic carbocycles. The minimum absolute atomic E-state index is 0.129. The number of amides is 1. The molecule has 0 N–H and O–H groups in total. The van der Waals surface area contributed by atoms with Crippen LogP contribution in [-0.4, -0.2) is 32.1 Å². The molecule has 0 spiro atoms. The van der Waals surface area contributed by atoms with E-state index in [2.05, 4.69) is 47.3 Å². The van der Waals surface area contributed by atoms with Crippen LogP contribution in [0.25, 0.3) is 11.0 Å². The Bertz CT molecular complexity index is 1020. The number of rotatable bonds is 5. The first-order valence-electron chi connectivity index (χ1n) is 11.0. The molecule has 1 saturated heterocycles. The maximum Gasteiger partial charge on any atom is 0.255 e. The van der Waals surface area contributed by atoms with Crippen molar-refractivity contribution in [1.82, 2.24) is 19.7 Å². The summed E-state index contributed by atoms with van der Waals surface area (Å²) in [5.41, 5.74) is 3.94. The van der Waals surface area contributed by atoms with Crippen molar-refractivity contribution in [2.45, 2.75) is 64.0 Å². The SMILES string of the molecule is CCCn1ncc2c(C(=O)N3CCCC[C@H]3c3ccccc3)cc(C3CC3)nc21. The van der Waals surface area contributed by atoms with Crippen molar-refractivity contribution in [2.24, 2.45) is 0 Å². The standard InChI is InChI=1S/C24H28N4O/c1-2-13-28-23-20(16-25-28)19(15-21(26-23)17-11-12-17)24(29)27-14-7-6-10-22(27)18-8-4-3-5-9-18/h3-5,8-9,15-17,22H,2,6-7,10-14H2,1H3/t22-/m0/s1. The molecule has 5 rings (SSSR count). The van der Waals surface area contributed by atoms with E-state index in [4.69, 9.17) is 4.98 Å². The highest BCUT2D eigenvalue weighted by Crippen LogP contribution is 2.41. The molecule has 5 heteroatoms. The van der Waals surface area contributed by atoms with Gasteiger partial charge in [0.25, 0.3) is 5.91 Å². The van der Waals surface area contributed by atoms with Gasteiger partial charge in [0.1, 0.15) is 0 Å². The van der Waals surface area contributed by atoms with Gasteiger partial charge in [-0.15, -0.1) is 0 Å². The van der Waals surface area contributed by atoms with Crippen molar-refractivity contribution >= 4 is 16.9 Å². The van der Waals surface area contributed by atoms with Crippen LogP contribution in [0.1, 0.15) is 79.0 Å². The predicted octanol–water partition coefficient (Wildman–Crippen LogP) is 5.09. The molecule has 2 aliphatic rings. The number of aryl methyl sites for hydroxylation is 1. The fraction of sp³-hybridized carbons (Fsp3) is 0.458. The largest absolute Gasteiger partial charge is 0.332 e. The van der Waals surface area contributed by atoms with Gasteiger partial charge in [0, 0.05) is 24.7 Å². The molecule has 0 unspecified atom stereocenters. The molecule has 0 radical (unpaired) electrons. The third kappa shape index (κ3) is 3.43. The number of hydrogen-bond acceptors (Lipinski definition) is 3. The van der Waals surface area contributed by atoms with E-state index < -0.39 is 0 Å². The van der Waals surface area contributed by atoms with E-state index in [0.29, 0.717) is 5.92 Å². The maximum absolute atomic E-state index is 13.8. The molecule has 2 fully saturated rings. The first-order valence-corrected chi connectivity index (χ1v) is 11.0. The van der Waals surface area contributed by atoms with Gasteiger partial charge in [0.05, 0.1) is 23.2 Å². The molecule has 1 amide bonds. The van der Waals surface area contributed by atoms with Gasteiger partial charge in [-0.05, 0) is 50.2 Å². The number of carbonyl (C=O) groups excluding carboxylic acids is 1. The summed E-state index contributed by atoms with van der Waals surface area (Å²) in [7, 11) is 0. The van der Waals surface area contributed by atoms with E-state index >= 15 is 0 Å². The first kappa shape index (κ1) is 18.3. The third-order valence-corrected chi connectivity index (χ3v) is 6.24. The molecule has 1 atom stereocenters. The highest BCUT2D eigenvalue weighted by atomic mass is 16.2. The molecule has 1 aliphatic heterocycles. The summed E-state index contributed by atoms with van der Waals surface area (Å²) < 4.78 is 1.96. The maximum atomic E-state index is 13.8. The lowest BCUT2D eigenvalue weighted by atomic mass is 9.94. The Balaban J connectivity index is 1.57. The minimum Gasteiger partial charge on any atom is -0.332 e. The average Bonchev–Trinajstić information content (AvgIpc) is 3.55. The quantitative estimate of drug-likeness (QED) is 0.612. The number of likely N-dealkylation sites (tertiary alicyclic amines) is 1. The summed E-state index contributed by atoms with van der Waals surface area (Å²) in [6, 6.07) is 12.7. The number of pyridine rings is 1. The topological polar surface area (TPSA) is 51.0 Å². The second-order valence-electron chi connectivity index (χ2n) is 8.39. The zero-order valence-corrected chi connectivity index (χ0v) is 17.1. The van der Waals surface area contributed by atoms with Crippen molar-refractivity contribution in [3.8, 4) is 0 Å². The Labute approximate surface area is 171 Å². The normalized spacial score (nSPS) is 19.6. The van der Waals surface area contributed by atoms with Gasteiger partial charge in [0.15, 0.2) is 5.65 Å². The van der Waals surface area contributed by atoms with E-state index in [0.717, 1.165) is 61.1 Å². The van der Waals surface area contributed by atoms with Crippen LogP contribution in [-0.2, 0) is 6.54 Å². The predicted molar refractivity (Wildman–Crippen MR) is 114 cm³/mol. The summed E-state index contributed by atoms with van der Waals surface area (Å²) in [6.45, 7) is 3.78. The summed E-state index contributed by atoms with van der Waals surface area (Å²) in [5.74, 6) is 0.631. The number of fused-ring (bicyclic) bond motifs is 1. The van der Waals surface area contributed by atoms with Crippen LogP contribution in [0.5, 0.6) is 0 Å². The van der Waals surface area contributed by atoms with Crippen molar-refractivity contribution in [3.05, 3.63) is 59.4 Å². The number of aromatic nitrogens is 3. The molecule has 1 saturated carbocycles. The fourth-order valence-corrected chi connectivity index (χ4v) is 4.56. The molecular formula is C24H28N4O. The van der Waals surface area contributed by atoms with Gasteiger partial charge < -0.3 is 4.90 Å². The van der Waals surface area contributed by atoms with E-state index in [9.17, 15) is 4.79 Å². The Hall–Kier alpha value is -2.69. The van der Waals surface area contributed by atoms with E-state index in [1.54, 1.807) is 0 Å². The fourth-order valence-electron chi connectivity index (χ4n) is 4.56. The lowest BCUT2D eigenvalue weighted by molar-refractivity contribution is 0.0613. The zero-order valence-electron chi connectivity index (χ0n) is 17.1. The molecule has 2 aromatic heterocycles. The molecule has 29 heavy (non-hydrogen) atoms. The Morgan fingerprint density at radius 3 is 2.72 bits per heavy atom. The summed E-state index contributed by atoms with van der Waals surface area (Å²) in [4.78, 5) is 20.8. The molecule has 0 bridgehead atoms. The van der Waals surface area contributed by atoms with Gasteiger partial charge in [-0.25, -0.2) is 9.67 Å². The number of nitrogens with zero attached hydrogens (tertiary/aromatic N) is 4. The highest BCUT2D eigenvalue weighted by molar-refractivity contribution is 6.05. The number of piperidine rings is 1. The van der Waals surface area contributed by atoms with Gasteiger partial charge in [-0.1, -0.05) is 37.3 Å². The van der Waals surface area contributed by atoms with Crippen molar-refractivity contribution in [3.63, 3.8) is 0 Å². The summed E-state index contributed by atoms with van der Waals surface area (Å²) in [5, 5.41) is 5.45. The van der Waals surface area contributed by atoms with Crippen molar-refractivity contribution in [1.29, 1.82) is 0 Å². The lowest BCUT2D eigenvalue weighted by Gasteiger charge is -2.36. The van der Waals surface area contributed by atoms with Crippen LogP contribution >= 0.6 is 0 Å². The highest BCUT2D eigenvalue weighted by Gasteiger charge is 2.32. The molecule has 5 nitrogen and oxygen atoms in total. The average molecular weight is 389 g/mol. The second kappa shape index (κ2) is 7.62. The summed E-state index contributed by atoms with van der Waals surface area (Å²) in [6.07, 6.45) is 8.43. The van der Waals surface area contributed by atoms with Gasteiger partial charge >= 0.3 is 0 Å².